The third-order valence-corrected chi connectivity index (χ3v) is 9.30. The molecule has 36 heavy (non-hydrogen) atoms. The molecule has 0 aliphatic rings. The Labute approximate surface area is 212 Å². The van der Waals surface area contributed by atoms with Gasteiger partial charge >= 0.3 is 11.9 Å². The lowest BCUT2D eigenvalue weighted by atomic mass is 10.2. The maximum absolute atomic E-state index is 12.9. The third-order valence-electron chi connectivity index (χ3n) is 5.48. The lowest BCUT2D eigenvalue weighted by Gasteiger charge is -2.22. The summed E-state index contributed by atoms with van der Waals surface area (Å²) in [6, 6.07) is 15.6. The monoisotopic (exact) mass is 540 g/mol. The van der Waals surface area contributed by atoms with Crippen molar-refractivity contribution in [1.29, 1.82) is 0 Å². The molecule has 0 bridgehead atoms. The van der Waals surface area contributed by atoms with E-state index in [0.29, 0.717) is 25.7 Å². The van der Waals surface area contributed by atoms with Crippen LogP contribution in [0.1, 0.15) is 38.5 Å². The van der Waals surface area contributed by atoms with Crippen molar-refractivity contribution in [2.24, 2.45) is 0 Å². The van der Waals surface area contributed by atoms with E-state index in [1.165, 1.54) is 24.3 Å². The maximum Gasteiger partial charge on any atom is 0.304 e. The summed E-state index contributed by atoms with van der Waals surface area (Å²) in [5, 5.41) is 18.0. The van der Waals surface area contributed by atoms with Gasteiger partial charge in [0.2, 0.25) is 20.0 Å². The van der Waals surface area contributed by atoms with Crippen molar-refractivity contribution in [1.82, 2.24) is 8.61 Å². The molecule has 0 radical (unpaired) electrons. The van der Waals surface area contributed by atoms with Crippen LogP contribution in [0, 0.1) is 0 Å². The molecule has 0 unspecified atom stereocenters. The predicted octanol–water partition coefficient (Wildman–Crippen LogP) is 2.88. The molecular weight excluding hydrogens is 508 g/mol. The van der Waals surface area contributed by atoms with Crippen LogP contribution >= 0.6 is 0 Å². The standard InChI is InChI=1S/C24H32N2O8S2/c27-23(28)15-19-25(35(31,32)21-11-5-3-6-12-21)17-9-1-2-10-18-26(20-16-24(29)30)36(33,34)22-13-7-4-8-14-22/h3-8,11-14H,1-2,9-10,15-20H2,(H,27,28)(H,29,30). The summed E-state index contributed by atoms with van der Waals surface area (Å²) in [7, 11) is -7.68. The summed E-state index contributed by atoms with van der Waals surface area (Å²) in [6.45, 7) is -0.0270. The smallest absolute Gasteiger partial charge is 0.304 e. The molecule has 0 fully saturated rings. The highest BCUT2D eigenvalue weighted by molar-refractivity contribution is 7.89. The van der Waals surface area contributed by atoms with E-state index < -0.39 is 32.0 Å². The van der Waals surface area contributed by atoms with E-state index in [9.17, 15) is 26.4 Å². The van der Waals surface area contributed by atoms with Crippen LogP contribution in [-0.4, -0.2) is 73.8 Å². The van der Waals surface area contributed by atoms with E-state index >= 15 is 0 Å². The van der Waals surface area contributed by atoms with E-state index in [2.05, 4.69) is 0 Å². The second kappa shape index (κ2) is 14.1. The van der Waals surface area contributed by atoms with Gasteiger partial charge in [-0.2, -0.15) is 8.61 Å². The molecule has 198 valence electrons. The molecule has 2 aromatic rings. The molecule has 10 nitrogen and oxygen atoms in total. The summed E-state index contributed by atoms with van der Waals surface area (Å²) in [5.41, 5.74) is 0. The van der Waals surface area contributed by atoms with Crippen LogP contribution in [-0.2, 0) is 29.6 Å². The molecule has 0 spiro atoms. The van der Waals surface area contributed by atoms with E-state index in [1.54, 1.807) is 36.4 Å². The fraction of sp³-hybridized carbons (Fsp3) is 0.417. The highest BCUT2D eigenvalue weighted by Gasteiger charge is 2.25. The Morgan fingerprint density at radius 3 is 1.19 bits per heavy atom. The van der Waals surface area contributed by atoms with Gasteiger partial charge in [0.25, 0.3) is 0 Å². The van der Waals surface area contributed by atoms with Crippen molar-refractivity contribution in [3.05, 3.63) is 60.7 Å². The van der Waals surface area contributed by atoms with Crippen LogP contribution in [0.4, 0.5) is 0 Å². The average Bonchev–Trinajstić information content (AvgIpc) is 2.85. The first-order valence-electron chi connectivity index (χ1n) is 11.6. The minimum absolute atomic E-state index is 0.0931. The highest BCUT2D eigenvalue weighted by atomic mass is 32.2. The summed E-state index contributed by atoms with van der Waals surface area (Å²) < 4.78 is 54.1. The van der Waals surface area contributed by atoms with E-state index in [0.717, 1.165) is 8.61 Å². The van der Waals surface area contributed by atoms with Crippen LogP contribution in [0.3, 0.4) is 0 Å². The molecule has 0 atom stereocenters. The van der Waals surface area contributed by atoms with Crippen LogP contribution in [0.15, 0.2) is 70.5 Å². The number of nitrogens with zero attached hydrogens (tertiary/aromatic N) is 2. The molecule has 12 heteroatoms. The number of carboxylic acid groups (broad SMARTS) is 2. The SMILES string of the molecule is O=C(O)CCN(CCCCCCN(CCC(=O)O)S(=O)(=O)c1ccccc1)S(=O)(=O)c1ccccc1. The van der Waals surface area contributed by atoms with Gasteiger partial charge in [0, 0.05) is 26.2 Å². The fourth-order valence-electron chi connectivity index (χ4n) is 3.56. The van der Waals surface area contributed by atoms with Crippen molar-refractivity contribution in [3.8, 4) is 0 Å². The molecule has 2 aromatic carbocycles. The number of hydrogen-bond acceptors (Lipinski definition) is 6. The zero-order valence-corrected chi connectivity index (χ0v) is 21.5. The van der Waals surface area contributed by atoms with Crippen molar-refractivity contribution in [2.75, 3.05) is 26.2 Å². The number of hydrogen-bond donors (Lipinski definition) is 2. The van der Waals surface area contributed by atoms with Gasteiger partial charge in [0.15, 0.2) is 0 Å². The average molecular weight is 541 g/mol. The van der Waals surface area contributed by atoms with Crippen LogP contribution in [0.25, 0.3) is 0 Å². The second-order valence-corrected chi connectivity index (χ2v) is 12.0. The Morgan fingerprint density at radius 2 is 0.889 bits per heavy atom. The second-order valence-electron chi connectivity index (χ2n) is 8.14. The third kappa shape index (κ3) is 9.01. The minimum Gasteiger partial charge on any atom is -0.481 e. The van der Waals surface area contributed by atoms with Gasteiger partial charge in [0.1, 0.15) is 0 Å². The van der Waals surface area contributed by atoms with Crippen molar-refractivity contribution < 1.29 is 36.6 Å². The fourth-order valence-corrected chi connectivity index (χ4v) is 6.56. The number of rotatable bonds is 17. The minimum atomic E-state index is -3.84. The van der Waals surface area contributed by atoms with Gasteiger partial charge in [-0.25, -0.2) is 16.8 Å². The Morgan fingerprint density at radius 1 is 0.556 bits per heavy atom. The largest absolute Gasteiger partial charge is 0.481 e. The first-order valence-corrected chi connectivity index (χ1v) is 14.5. The first kappa shape index (κ1) is 29.4. The molecule has 0 aliphatic heterocycles. The Kier molecular flexibility index (Phi) is 11.5. The Balaban J connectivity index is 1.94. The Bertz CT molecular complexity index is 1090. The molecule has 0 aliphatic carbocycles. The summed E-state index contributed by atoms with van der Waals surface area (Å²) in [6.07, 6.45) is 1.47. The zero-order valence-electron chi connectivity index (χ0n) is 19.9. The maximum atomic E-state index is 12.9. The van der Waals surface area contributed by atoms with Gasteiger partial charge < -0.3 is 10.2 Å². The molecule has 0 saturated heterocycles. The van der Waals surface area contributed by atoms with Crippen molar-refractivity contribution in [3.63, 3.8) is 0 Å². The first-order chi connectivity index (χ1) is 17.0. The quantitative estimate of drug-likeness (QED) is 0.291. The van der Waals surface area contributed by atoms with Gasteiger partial charge in [-0.05, 0) is 37.1 Å². The van der Waals surface area contributed by atoms with Crippen molar-refractivity contribution in [2.45, 2.75) is 48.3 Å². The van der Waals surface area contributed by atoms with Crippen LogP contribution in [0.5, 0.6) is 0 Å². The topological polar surface area (TPSA) is 149 Å². The molecule has 0 amide bonds. The lowest BCUT2D eigenvalue weighted by molar-refractivity contribution is -0.138. The van der Waals surface area contributed by atoms with Gasteiger partial charge in [-0.15, -0.1) is 0 Å². The van der Waals surface area contributed by atoms with E-state index in [4.69, 9.17) is 10.2 Å². The predicted molar refractivity (Wildman–Crippen MR) is 133 cm³/mol. The zero-order chi connectivity index (χ0) is 26.6. The van der Waals surface area contributed by atoms with Gasteiger partial charge in [-0.3, -0.25) is 9.59 Å². The molecule has 0 heterocycles. The van der Waals surface area contributed by atoms with Crippen molar-refractivity contribution >= 4 is 32.0 Å². The Hall–Kier alpha value is -2.80. The van der Waals surface area contributed by atoms with E-state index in [1.807, 2.05) is 0 Å². The number of unbranched alkanes of at least 4 members (excludes halogenated alkanes) is 3. The molecule has 2 N–H and O–H groups in total. The number of sulfonamides is 2. The van der Waals surface area contributed by atoms with Crippen LogP contribution < -0.4 is 0 Å². The molecule has 0 aromatic heterocycles. The number of aliphatic carboxylic acids is 2. The molecular formula is C24H32N2O8S2. The number of carbonyl (C=O) groups is 2. The van der Waals surface area contributed by atoms with Gasteiger partial charge in [0.05, 0.1) is 22.6 Å². The normalized spacial score (nSPS) is 12.2. The van der Waals surface area contributed by atoms with Crippen LogP contribution in [0.2, 0.25) is 0 Å². The summed E-state index contributed by atoms with van der Waals surface area (Å²) in [5.74, 6) is -2.19. The lowest BCUT2D eigenvalue weighted by Crippen LogP contribution is -2.34. The molecule has 0 saturated carbocycles. The van der Waals surface area contributed by atoms with Gasteiger partial charge in [-0.1, -0.05) is 49.2 Å². The highest BCUT2D eigenvalue weighted by Crippen LogP contribution is 2.19. The number of benzene rings is 2. The van der Waals surface area contributed by atoms with E-state index in [-0.39, 0.29) is 48.8 Å². The summed E-state index contributed by atoms with van der Waals surface area (Å²) in [4.78, 5) is 22.2. The summed E-state index contributed by atoms with van der Waals surface area (Å²) >= 11 is 0. The number of carboxylic acids is 2. The molecule has 2 rings (SSSR count).